The van der Waals surface area contributed by atoms with Crippen LogP contribution in [-0.2, 0) is 4.79 Å². The number of para-hydroxylation sites is 1. The van der Waals surface area contributed by atoms with Crippen LogP contribution in [0.4, 0.5) is 0 Å². The number of ether oxygens (including phenoxy) is 1. The van der Waals surface area contributed by atoms with E-state index >= 15 is 0 Å². The quantitative estimate of drug-likeness (QED) is 0.599. The van der Waals surface area contributed by atoms with E-state index in [1.54, 1.807) is 11.3 Å². The Morgan fingerprint density at radius 3 is 2.79 bits per heavy atom. The largest absolute Gasteiger partial charge is 0.474 e. The molecule has 0 unspecified atom stereocenters. The topological polar surface area (TPSA) is 64.1 Å². The zero-order valence-electron chi connectivity index (χ0n) is 15.8. The lowest BCUT2D eigenvalue weighted by molar-refractivity contribution is -0.119. The Labute approximate surface area is 172 Å². The maximum absolute atomic E-state index is 12.3. The van der Waals surface area contributed by atoms with E-state index in [-0.39, 0.29) is 18.1 Å². The van der Waals surface area contributed by atoms with Gasteiger partial charge in [0.15, 0.2) is 4.34 Å². The van der Waals surface area contributed by atoms with Crippen LogP contribution in [0.25, 0.3) is 10.2 Å². The molecule has 0 aliphatic heterocycles. The van der Waals surface area contributed by atoms with E-state index in [1.165, 1.54) is 11.8 Å². The Morgan fingerprint density at radius 1 is 1.21 bits per heavy atom. The second-order valence-electron chi connectivity index (χ2n) is 7.07. The average Bonchev–Trinajstić information content (AvgIpc) is 3.13. The maximum atomic E-state index is 12.3. The molecule has 0 spiro atoms. The van der Waals surface area contributed by atoms with E-state index in [9.17, 15) is 4.79 Å². The molecule has 0 bridgehead atoms. The van der Waals surface area contributed by atoms with E-state index in [2.05, 4.69) is 21.4 Å². The van der Waals surface area contributed by atoms with Crippen LogP contribution in [0.3, 0.4) is 0 Å². The molecular formula is C21H23N3O2S2. The maximum Gasteiger partial charge on any atom is 0.230 e. The van der Waals surface area contributed by atoms with E-state index in [0.717, 1.165) is 45.8 Å². The standard InChI is InChI=1S/C21H23N3O2S2/c1-14-6-11-20(22-12-14)26-16-9-7-15(8-10-16)23-19(25)13-27-21-24-17-4-2-3-5-18(17)28-21/h2-6,11-12,15-16H,7-10,13H2,1H3,(H,23,25). The van der Waals surface area contributed by atoms with Crippen molar-refractivity contribution in [3.8, 4) is 5.88 Å². The number of hydrogen-bond acceptors (Lipinski definition) is 6. The summed E-state index contributed by atoms with van der Waals surface area (Å²) < 4.78 is 8.07. The summed E-state index contributed by atoms with van der Waals surface area (Å²) >= 11 is 3.15. The average molecular weight is 414 g/mol. The van der Waals surface area contributed by atoms with Crippen molar-refractivity contribution in [2.75, 3.05) is 5.75 Å². The summed E-state index contributed by atoms with van der Waals surface area (Å²) in [6, 6.07) is 12.2. The van der Waals surface area contributed by atoms with Gasteiger partial charge in [-0.3, -0.25) is 4.79 Å². The van der Waals surface area contributed by atoms with Gasteiger partial charge in [0.2, 0.25) is 11.8 Å². The fraction of sp³-hybridized carbons (Fsp3) is 0.381. The number of aromatic nitrogens is 2. The zero-order valence-corrected chi connectivity index (χ0v) is 17.4. The van der Waals surface area contributed by atoms with Crippen molar-refractivity contribution in [2.24, 2.45) is 0 Å². The van der Waals surface area contributed by atoms with Crippen molar-refractivity contribution >= 4 is 39.2 Å². The summed E-state index contributed by atoms with van der Waals surface area (Å²) in [5.41, 5.74) is 2.12. The molecule has 146 valence electrons. The molecule has 2 heterocycles. The molecule has 1 N–H and O–H groups in total. The number of aryl methyl sites for hydroxylation is 1. The van der Waals surface area contributed by atoms with Crippen LogP contribution >= 0.6 is 23.1 Å². The number of thiazole rings is 1. The number of pyridine rings is 1. The summed E-state index contributed by atoms with van der Waals surface area (Å²) in [4.78, 5) is 21.2. The third-order valence-electron chi connectivity index (χ3n) is 4.81. The first-order valence-corrected chi connectivity index (χ1v) is 11.3. The van der Waals surface area contributed by atoms with Crippen molar-refractivity contribution in [2.45, 2.75) is 49.1 Å². The SMILES string of the molecule is Cc1ccc(OC2CCC(NC(=O)CSc3nc4ccccc4s3)CC2)nc1. The number of hydrogen-bond donors (Lipinski definition) is 1. The van der Waals surface area contributed by atoms with Gasteiger partial charge in [-0.15, -0.1) is 11.3 Å². The minimum atomic E-state index is 0.0776. The van der Waals surface area contributed by atoms with Gasteiger partial charge in [-0.2, -0.15) is 0 Å². The van der Waals surface area contributed by atoms with Crippen LogP contribution in [0.2, 0.25) is 0 Å². The number of carbonyl (C=O) groups excluding carboxylic acids is 1. The van der Waals surface area contributed by atoms with Gasteiger partial charge < -0.3 is 10.1 Å². The number of rotatable bonds is 6. The van der Waals surface area contributed by atoms with Crippen molar-refractivity contribution in [3.05, 3.63) is 48.2 Å². The number of nitrogens with zero attached hydrogens (tertiary/aromatic N) is 2. The Kier molecular flexibility index (Phi) is 6.12. The van der Waals surface area contributed by atoms with Crippen molar-refractivity contribution in [1.29, 1.82) is 0 Å². The molecule has 3 aromatic rings. The van der Waals surface area contributed by atoms with E-state index in [0.29, 0.717) is 11.6 Å². The minimum absolute atomic E-state index is 0.0776. The molecule has 4 rings (SSSR count). The van der Waals surface area contributed by atoms with Crippen molar-refractivity contribution in [3.63, 3.8) is 0 Å². The van der Waals surface area contributed by atoms with Gasteiger partial charge in [-0.25, -0.2) is 9.97 Å². The molecule has 1 aliphatic carbocycles. The molecule has 28 heavy (non-hydrogen) atoms. The van der Waals surface area contributed by atoms with Crippen molar-refractivity contribution < 1.29 is 9.53 Å². The first kappa shape index (κ1) is 19.2. The summed E-state index contributed by atoms with van der Waals surface area (Å²) in [6.45, 7) is 2.01. The van der Waals surface area contributed by atoms with Crippen LogP contribution in [0.15, 0.2) is 46.9 Å². The number of amides is 1. The molecule has 5 nitrogen and oxygen atoms in total. The Hall–Kier alpha value is -2.12. The number of nitrogens with one attached hydrogen (secondary N) is 1. The minimum Gasteiger partial charge on any atom is -0.474 e. The first-order chi connectivity index (χ1) is 13.7. The Balaban J connectivity index is 1.20. The highest BCUT2D eigenvalue weighted by Gasteiger charge is 2.24. The lowest BCUT2D eigenvalue weighted by Crippen LogP contribution is -2.40. The van der Waals surface area contributed by atoms with Crippen LogP contribution in [0.1, 0.15) is 31.2 Å². The molecular weight excluding hydrogens is 390 g/mol. The predicted octanol–water partition coefficient (Wildman–Crippen LogP) is 4.60. The monoisotopic (exact) mass is 413 g/mol. The van der Waals surface area contributed by atoms with Gasteiger partial charge in [-0.1, -0.05) is 30.0 Å². The normalized spacial score (nSPS) is 19.5. The molecule has 0 radical (unpaired) electrons. The molecule has 0 atom stereocenters. The molecule has 0 saturated heterocycles. The van der Waals surface area contributed by atoms with Gasteiger partial charge in [0, 0.05) is 18.3 Å². The fourth-order valence-corrected chi connectivity index (χ4v) is 5.21. The summed E-state index contributed by atoms with van der Waals surface area (Å²) in [6.07, 6.45) is 5.75. The predicted molar refractivity (Wildman–Crippen MR) is 114 cm³/mol. The second-order valence-corrected chi connectivity index (χ2v) is 9.32. The number of fused-ring (bicyclic) bond motifs is 1. The third kappa shape index (κ3) is 5.02. The van der Waals surface area contributed by atoms with Crippen molar-refractivity contribution in [1.82, 2.24) is 15.3 Å². The number of thioether (sulfide) groups is 1. The number of carbonyl (C=O) groups is 1. The highest BCUT2D eigenvalue weighted by atomic mass is 32.2. The van der Waals surface area contributed by atoms with Gasteiger partial charge in [0.1, 0.15) is 6.10 Å². The second kappa shape index (κ2) is 8.92. The van der Waals surface area contributed by atoms with Gasteiger partial charge >= 0.3 is 0 Å². The summed E-state index contributed by atoms with van der Waals surface area (Å²) in [5.74, 6) is 1.17. The van der Waals surface area contributed by atoms with Crippen LogP contribution in [-0.4, -0.2) is 33.8 Å². The first-order valence-electron chi connectivity index (χ1n) is 9.53. The lowest BCUT2D eigenvalue weighted by atomic mass is 9.93. The molecule has 1 aliphatic rings. The lowest BCUT2D eigenvalue weighted by Gasteiger charge is -2.29. The molecule has 1 fully saturated rings. The summed E-state index contributed by atoms with van der Waals surface area (Å²) in [5, 5.41) is 3.16. The summed E-state index contributed by atoms with van der Waals surface area (Å²) in [7, 11) is 0. The Morgan fingerprint density at radius 2 is 2.04 bits per heavy atom. The van der Waals surface area contributed by atoms with Gasteiger partial charge in [0.25, 0.3) is 0 Å². The van der Waals surface area contributed by atoms with Crippen LogP contribution < -0.4 is 10.1 Å². The van der Waals surface area contributed by atoms with Crippen LogP contribution in [0, 0.1) is 6.92 Å². The molecule has 7 heteroatoms. The number of benzene rings is 1. The molecule has 1 amide bonds. The highest BCUT2D eigenvalue weighted by Crippen LogP contribution is 2.29. The third-order valence-corrected chi connectivity index (χ3v) is 6.99. The Bertz CT molecular complexity index is 901. The van der Waals surface area contributed by atoms with Gasteiger partial charge in [0.05, 0.1) is 16.0 Å². The molecule has 2 aromatic heterocycles. The zero-order chi connectivity index (χ0) is 19.3. The van der Waals surface area contributed by atoms with Crippen LogP contribution in [0.5, 0.6) is 5.88 Å². The smallest absolute Gasteiger partial charge is 0.230 e. The fourth-order valence-electron chi connectivity index (χ4n) is 3.33. The van der Waals surface area contributed by atoms with E-state index in [1.807, 2.05) is 43.5 Å². The van der Waals surface area contributed by atoms with E-state index in [4.69, 9.17) is 4.74 Å². The van der Waals surface area contributed by atoms with Gasteiger partial charge in [-0.05, 0) is 50.3 Å². The molecule has 1 aromatic carbocycles. The highest BCUT2D eigenvalue weighted by molar-refractivity contribution is 8.01. The molecule has 1 saturated carbocycles. The van der Waals surface area contributed by atoms with E-state index < -0.39 is 0 Å².